The molecular formula is C11H10ClFN2O5S. The number of benzene rings is 1. The number of halogens is 2. The van der Waals surface area contributed by atoms with Crippen LogP contribution in [0.15, 0.2) is 12.1 Å². The van der Waals surface area contributed by atoms with Crippen LogP contribution >= 0.6 is 11.6 Å². The topological polar surface area (TPSA) is 97.6 Å². The van der Waals surface area contributed by atoms with Gasteiger partial charge in [-0.15, -0.1) is 3.89 Å². The zero-order valence-corrected chi connectivity index (χ0v) is 12.3. The number of nitro groups is 1. The number of nitro benzene ring substituents is 1. The lowest BCUT2D eigenvalue weighted by atomic mass is 10.1. The van der Waals surface area contributed by atoms with E-state index in [-0.39, 0.29) is 10.7 Å². The molecule has 0 radical (unpaired) electrons. The SMILES string of the molecule is Cc1cc(Cl)cc([N+](=O)[O-])c1N1CC(S(=O)(=O)F)CC1=O. The van der Waals surface area contributed by atoms with Gasteiger partial charge in [-0.1, -0.05) is 11.6 Å². The van der Waals surface area contributed by atoms with Gasteiger partial charge in [0, 0.05) is 24.1 Å². The molecule has 1 heterocycles. The van der Waals surface area contributed by atoms with Gasteiger partial charge in [0.05, 0.1) is 4.92 Å². The van der Waals surface area contributed by atoms with Gasteiger partial charge in [0.1, 0.15) is 10.9 Å². The van der Waals surface area contributed by atoms with E-state index in [1.54, 1.807) is 0 Å². The number of amides is 1. The van der Waals surface area contributed by atoms with E-state index in [4.69, 9.17) is 11.6 Å². The monoisotopic (exact) mass is 336 g/mol. The zero-order chi connectivity index (χ0) is 15.9. The minimum Gasteiger partial charge on any atom is -0.305 e. The highest BCUT2D eigenvalue weighted by Crippen LogP contribution is 2.37. The summed E-state index contributed by atoms with van der Waals surface area (Å²) in [5.74, 6) is -0.685. The van der Waals surface area contributed by atoms with Crippen molar-refractivity contribution in [2.75, 3.05) is 11.4 Å². The fourth-order valence-electron chi connectivity index (χ4n) is 2.29. The number of hydrogen-bond acceptors (Lipinski definition) is 5. The second-order valence-electron chi connectivity index (χ2n) is 4.65. The number of anilines is 1. The smallest absolute Gasteiger partial charge is 0.305 e. The van der Waals surface area contributed by atoms with Gasteiger partial charge in [-0.25, -0.2) is 0 Å². The predicted molar refractivity (Wildman–Crippen MR) is 73.6 cm³/mol. The van der Waals surface area contributed by atoms with E-state index in [1.807, 2.05) is 0 Å². The van der Waals surface area contributed by atoms with Crippen molar-refractivity contribution < 1.29 is 22.0 Å². The third-order valence-corrected chi connectivity index (χ3v) is 4.53. The Bertz CT molecular complexity index is 736. The molecule has 0 bridgehead atoms. The molecule has 0 aliphatic carbocycles. The van der Waals surface area contributed by atoms with Crippen molar-refractivity contribution in [3.63, 3.8) is 0 Å². The summed E-state index contributed by atoms with van der Waals surface area (Å²) in [5.41, 5.74) is -0.148. The summed E-state index contributed by atoms with van der Waals surface area (Å²) in [6, 6.07) is 2.48. The van der Waals surface area contributed by atoms with Gasteiger partial charge in [0.2, 0.25) is 5.91 Å². The standard InChI is InChI=1S/C11H10ClFN2O5S/c1-6-2-7(12)3-9(15(17)18)11(6)14-5-8(4-10(14)16)21(13,19)20/h2-3,8H,4-5H2,1H3. The van der Waals surface area contributed by atoms with Crippen molar-refractivity contribution in [3.8, 4) is 0 Å². The predicted octanol–water partition coefficient (Wildman–Crippen LogP) is 1.96. The van der Waals surface area contributed by atoms with Crippen molar-refractivity contribution >= 4 is 39.1 Å². The zero-order valence-electron chi connectivity index (χ0n) is 10.7. The molecule has 0 N–H and O–H groups in total. The first-order valence-corrected chi connectivity index (χ1v) is 7.62. The summed E-state index contributed by atoms with van der Waals surface area (Å²) < 4.78 is 34.8. The summed E-state index contributed by atoms with van der Waals surface area (Å²) in [7, 11) is -4.89. The maximum absolute atomic E-state index is 13.0. The summed E-state index contributed by atoms with van der Waals surface area (Å²) in [6.07, 6.45) is -0.544. The van der Waals surface area contributed by atoms with Crippen LogP contribution in [-0.4, -0.2) is 31.0 Å². The molecule has 0 spiro atoms. The first-order chi connectivity index (χ1) is 9.61. The van der Waals surface area contributed by atoms with Crippen molar-refractivity contribution in [2.45, 2.75) is 18.6 Å². The molecule has 1 aromatic carbocycles. The molecule has 10 heteroatoms. The van der Waals surface area contributed by atoms with Crippen molar-refractivity contribution in [3.05, 3.63) is 32.8 Å². The Hall–Kier alpha value is -1.74. The summed E-state index contributed by atoms with van der Waals surface area (Å²) >= 11 is 5.75. The first kappa shape index (κ1) is 15.6. The van der Waals surface area contributed by atoms with E-state index in [1.165, 1.54) is 13.0 Å². The van der Waals surface area contributed by atoms with E-state index in [9.17, 15) is 27.2 Å². The second kappa shape index (κ2) is 5.23. The Balaban J connectivity index is 2.53. The molecule has 0 saturated carbocycles. The van der Waals surface area contributed by atoms with Gasteiger partial charge >= 0.3 is 10.2 Å². The molecule has 2 rings (SSSR count). The first-order valence-electron chi connectivity index (χ1n) is 5.79. The number of nitrogens with zero attached hydrogens (tertiary/aromatic N) is 2. The number of carbonyl (C=O) groups excluding carboxylic acids is 1. The van der Waals surface area contributed by atoms with E-state index in [0.29, 0.717) is 5.56 Å². The van der Waals surface area contributed by atoms with Gasteiger partial charge in [-0.2, -0.15) is 8.42 Å². The molecule has 1 atom stereocenters. The lowest BCUT2D eigenvalue weighted by Gasteiger charge is -2.18. The van der Waals surface area contributed by atoms with Gasteiger partial charge in [-0.3, -0.25) is 14.9 Å². The maximum Gasteiger partial charge on any atom is 0.307 e. The molecule has 21 heavy (non-hydrogen) atoms. The molecular weight excluding hydrogens is 327 g/mol. The van der Waals surface area contributed by atoms with Gasteiger partial charge in [-0.05, 0) is 18.6 Å². The van der Waals surface area contributed by atoms with Crippen LogP contribution in [0.3, 0.4) is 0 Å². The number of hydrogen-bond donors (Lipinski definition) is 0. The van der Waals surface area contributed by atoms with Crippen LogP contribution in [0.1, 0.15) is 12.0 Å². The fourth-order valence-corrected chi connectivity index (χ4v) is 3.22. The number of rotatable bonds is 3. The van der Waals surface area contributed by atoms with E-state index >= 15 is 0 Å². The summed E-state index contributed by atoms with van der Waals surface area (Å²) in [4.78, 5) is 23.2. The fraction of sp³-hybridized carbons (Fsp3) is 0.364. The molecule has 1 aliphatic heterocycles. The Morgan fingerprint density at radius 3 is 2.57 bits per heavy atom. The molecule has 7 nitrogen and oxygen atoms in total. The van der Waals surface area contributed by atoms with Crippen molar-refractivity contribution in [1.29, 1.82) is 0 Å². The van der Waals surface area contributed by atoms with Crippen molar-refractivity contribution in [2.24, 2.45) is 0 Å². The Morgan fingerprint density at radius 1 is 1.48 bits per heavy atom. The minimum atomic E-state index is -4.89. The van der Waals surface area contributed by atoms with Crippen LogP contribution in [0, 0.1) is 17.0 Å². The third kappa shape index (κ3) is 2.98. The van der Waals surface area contributed by atoms with Crippen LogP contribution in [0.25, 0.3) is 0 Å². The molecule has 0 aromatic heterocycles. The lowest BCUT2D eigenvalue weighted by molar-refractivity contribution is -0.384. The van der Waals surface area contributed by atoms with Crippen LogP contribution in [-0.2, 0) is 15.0 Å². The Labute approximate surface area is 124 Å². The number of carbonyl (C=O) groups is 1. The van der Waals surface area contributed by atoms with Gasteiger partial charge in [0.15, 0.2) is 0 Å². The third-order valence-electron chi connectivity index (χ3n) is 3.20. The van der Waals surface area contributed by atoms with Crippen molar-refractivity contribution in [1.82, 2.24) is 0 Å². The average Bonchev–Trinajstić information content (AvgIpc) is 2.70. The Morgan fingerprint density at radius 2 is 2.10 bits per heavy atom. The normalized spacial score (nSPS) is 19.1. The van der Waals surface area contributed by atoms with Crippen LogP contribution in [0.4, 0.5) is 15.3 Å². The molecule has 1 unspecified atom stereocenters. The van der Waals surface area contributed by atoms with Crippen LogP contribution in [0.5, 0.6) is 0 Å². The highest BCUT2D eigenvalue weighted by Gasteiger charge is 2.41. The van der Waals surface area contributed by atoms with Gasteiger partial charge < -0.3 is 4.90 Å². The highest BCUT2D eigenvalue weighted by molar-refractivity contribution is 7.87. The second-order valence-corrected chi connectivity index (χ2v) is 6.71. The van der Waals surface area contributed by atoms with Gasteiger partial charge in [0.25, 0.3) is 5.69 Å². The lowest BCUT2D eigenvalue weighted by Crippen LogP contribution is -2.28. The maximum atomic E-state index is 13.0. The van der Waals surface area contributed by atoms with E-state index in [2.05, 4.69) is 0 Å². The largest absolute Gasteiger partial charge is 0.307 e. The molecule has 1 aliphatic rings. The van der Waals surface area contributed by atoms with Crippen LogP contribution in [0.2, 0.25) is 5.02 Å². The minimum absolute atomic E-state index is 0.0550. The molecule has 114 valence electrons. The summed E-state index contributed by atoms with van der Waals surface area (Å²) in [6.45, 7) is 1.04. The van der Waals surface area contributed by atoms with Crippen LogP contribution < -0.4 is 4.90 Å². The molecule has 1 fully saturated rings. The quantitative estimate of drug-likeness (QED) is 0.477. The summed E-state index contributed by atoms with van der Waals surface area (Å²) in [5, 5.41) is 9.69. The molecule has 1 aromatic rings. The van der Waals surface area contributed by atoms with E-state index in [0.717, 1.165) is 11.0 Å². The molecule has 1 amide bonds. The molecule has 1 saturated heterocycles. The Kier molecular flexibility index (Phi) is 3.89. The van der Waals surface area contributed by atoms with E-state index < -0.39 is 45.0 Å². The highest BCUT2D eigenvalue weighted by atomic mass is 35.5. The average molecular weight is 337 g/mol. The number of aryl methyl sites for hydroxylation is 1.